The van der Waals surface area contributed by atoms with Crippen LogP contribution in [0.3, 0.4) is 0 Å². The van der Waals surface area contributed by atoms with Crippen molar-refractivity contribution in [2.75, 3.05) is 6.54 Å². The standard InChI is InChI=1S/C14H20N2O2/c1-13-9-5-2-3-6-10(9)14(11(17)15-13)7-4-8-16(14)12(13)18/h9-10H,2-8H2,1H3,(H,15,17)/t9-,10+,13-,14-/m1/s1. The van der Waals surface area contributed by atoms with Gasteiger partial charge in [-0.25, -0.2) is 0 Å². The zero-order valence-corrected chi connectivity index (χ0v) is 10.9. The third-order valence-electron chi connectivity index (χ3n) is 6.00. The Hall–Kier alpha value is -1.06. The van der Waals surface area contributed by atoms with E-state index in [-0.39, 0.29) is 11.8 Å². The van der Waals surface area contributed by atoms with Crippen LogP contribution in [0.25, 0.3) is 0 Å². The molecule has 18 heavy (non-hydrogen) atoms. The van der Waals surface area contributed by atoms with E-state index in [0.29, 0.717) is 11.8 Å². The van der Waals surface area contributed by atoms with Crippen LogP contribution in [0.2, 0.25) is 0 Å². The molecular weight excluding hydrogens is 228 g/mol. The zero-order chi connectivity index (χ0) is 12.5. The van der Waals surface area contributed by atoms with E-state index in [9.17, 15) is 9.59 Å². The Morgan fingerprint density at radius 2 is 1.89 bits per heavy atom. The quantitative estimate of drug-likeness (QED) is 0.697. The largest absolute Gasteiger partial charge is 0.340 e. The van der Waals surface area contributed by atoms with Crippen molar-refractivity contribution in [2.24, 2.45) is 11.8 Å². The zero-order valence-electron chi connectivity index (χ0n) is 10.9. The summed E-state index contributed by atoms with van der Waals surface area (Å²) in [7, 11) is 0. The fourth-order valence-corrected chi connectivity index (χ4v) is 5.24. The lowest BCUT2D eigenvalue weighted by atomic mass is 9.54. The lowest BCUT2D eigenvalue weighted by Gasteiger charge is -2.63. The molecule has 0 aromatic rings. The summed E-state index contributed by atoms with van der Waals surface area (Å²) in [5.41, 5.74) is -1.09. The van der Waals surface area contributed by atoms with Gasteiger partial charge in [0.05, 0.1) is 0 Å². The van der Waals surface area contributed by atoms with Gasteiger partial charge in [-0.05, 0) is 44.4 Å². The minimum Gasteiger partial charge on any atom is -0.340 e. The number of rotatable bonds is 0. The normalized spacial score (nSPS) is 49.9. The fourth-order valence-electron chi connectivity index (χ4n) is 5.24. The van der Waals surface area contributed by atoms with Crippen molar-refractivity contribution in [1.29, 1.82) is 0 Å². The molecule has 5 aliphatic rings. The Bertz CT molecular complexity index is 449. The third-order valence-corrected chi connectivity index (χ3v) is 6.00. The van der Waals surface area contributed by atoms with Crippen molar-refractivity contribution in [2.45, 2.75) is 56.5 Å². The number of carbonyl (C=O) groups is 2. The number of hydrogen-bond acceptors (Lipinski definition) is 2. The number of fused-ring (bicyclic) bond motifs is 1. The second-order valence-electron chi connectivity index (χ2n) is 6.64. The highest BCUT2D eigenvalue weighted by molar-refractivity contribution is 6.05. The first kappa shape index (κ1) is 10.8. The molecule has 5 fully saturated rings. The van der Waals surface area contributed by atoms with Crippen molar-refractivity contribution < 1.29 is 9.59 Å². The average Bonchev–Trinajstić information content (AvgIpc) is 2.81. The molecule has 98 valence electrons. The van der Waals surface area contributed by atoms with Gasteiger partial charge in [0, 0.05) is 6.54 Å². The Balaban J connectivity index is 1.91. The molecule has 5 rings (SSSR count). The molecule has 0 unspecified atom stereocenters. The van der Waals surface area contributed by atoms with Gasteiger partial charge in [0.2, 0.25) is 11.8 Å². The molecule has 4 atom stereocenters. The summed E-state index contributed by atoms with van der Waals surface area (Å²) >= 11 is 0. The average molecular weight is 248 g/mol. The summed E-state index contributed by atoms with van der Waals surface area (Å²) in [4.78, 5) is 27.2. The third kappa shape index (κ3) is 0.928. The van der Waals surface area contributed by atoms with Crippen molar-refractivity contribution >= 4 is 11.8 Å². The highest BCUT2D eigenvalue weighted by atomic mass is 16.2. The summed E-state index contributed by atoms with van der Waals surface area (Å²) in [5.74, 6) is 1.09. The number of nitrogens with one attached hydrogen (secondary N) is 1. The molecule has 4 heterocycles. The van der Waals surface area contributed by atoms with Gasteiger partial charge in [0.25, 0.3) is 0 Å². The van der Waals surface area contributed by atoms with Gasteiger partial charge < -0.3 is 10.2 Å². The Morgan fingerprint density at radius 3 is 2.67 bits per heavy atom. The second-order valence-corrected chi connectivity index (χ2v) is 6.64. The predicted molar refractivity (Wildman–Crippen MR) is 65.7 cm³/mol. The monoisotopic (exact) mass is 248 g/mol. The molecule has 2 amide bonds. The highest BCUT2D eigenvalue weighted by Gasteiger charge is 2.71. The number of nitrogens with zero attached hydrogens (tertiary/aromatic N) is 1. The molecule has 0 aromatic heterocycles. The van der Waals surface area contributed by atoms with E-state index in [2.05, 4.69) is 5.32 Å². The van der Waals surface area contributed by atoms with E-state index < -0.39 is 11.1 Å². The molecule has 4 saturated heterocycles. The van der Waals surface area contributed by atoms with Crippen molar-refractivity contribution in [3.8, 4) is 0 Å². The minimum absolute atomic E-state index is 0.130. The van der Waals surface area contributed by atoms with Gasteiger partial charge >= 0.3 is 0 Å². The van der Waals surface area contributed by atoms with Crippen LogP contribution in [0.4, 0.5) is 0 Å². The molecule has 4 nitrogen and oxygen atoms in total. The van der Waals surface area contributed by atoms with E-state index in [1.807, 2.05) is 11.8 Å². The first-order valence-corrected chi connectivity index (χ1v) is 7.25. The van der Waals surface area contributed by atoms with Gasteiger partial charge in [0.1, 0.15) is 11.1 Å². The number of piperazine rings is 1. The molecule has 1 aliphatic carbocycles. The Labute approximate surface area is 107 Å². The molecule has 4 aliphatic heterocycles. The van der Waals surface area contributed by atoms with Gasteiger partial charge in [-0.1, -0.05) is 12.8 Å². The van der Waals surface area contributed by atoms with E-state index in [1.165, 1.54) is 12.8 Å². The van der Waals surface area contributed by atoms with E-state index in [0.717, 1.165) is 32.2 Å². The summed E-state index contributed by atoms with van der Waals surface area (Å²) < 4.78 is 0. The molecule has 1 N–H and O–H groups in total. The smallest absolute Gasteiger partial charge is 0.249 e. The first-order valence-electron chi connectivity index (χ1n) is 7.25. The summed E-state index contributed by atoms with van der Waals surface area (Å²) in [5, 5.41) is 3.07. The summed E-state index contributed by atoms with van der Waals surface area (Å²) in [6, 6.07) is 0. The van der Waals surface area contributed by atoms with E-state index in [4.69, 9.17) is 0 Å². The number of hydrogen-bond donors (Lipinski definition) is 1. The summed E-state index contributed by atoms with van der Waals surface area (Å²) in [6.07, 6.45) is 6.50. The predicted octanol–water partition coefficient (Wildman–Crippen LogP) is 1.06. The van der Waals surface area contributed by atoms with Crippen LogP contribution in [0.1, 0.15) is 45.4 Å². The van der Waals surface area contributed by atoms with Crippen LogP contribution in [-0.4, -0.2) is 34.3 Å². The van der Waals surface area contributed by atoms with E-state index >= 15 is 0 Å². The van der Waals surface area contributed by atoms with Crippen LogP contribution in [0.5, 0.6) is 0 Å². The maximum absolute atomic E-state index is 12.7. The fraction of sp³-hybridized carbons (Fsp3) is 0.857. The van der Waals surface area contributed by atoms with Crippen LogP contribution < -0.4 is 5.32 Å². The van der Waals surface area contributed by atoms with Crippen LogP contribution in [0.15, 0.2) is 0 Å². The Morgan fingerprint density at radius 1 is 1.17 bits per heavy atom. The van der Waals surface area contributed by atoms with Crippen molar-refractivity contribution in [3.05, 3.63) is 0 Å². The molecular formula is C14H20N2O2. The second kappa shape index (κ2) is 3.09. The molecule has 4 heteroatoms. The van der Waals surface area contributed by atoms with Crippen molar-refractivity contribution in [1.82, 2.24) is 10.2 Å². The molecule has 1 spiro atoms. The lowest BCUT2D eigenvalue weighted by molar-refractivity contribution is -0.186. The maximum atomic E-state index is 12.7. The van der Waals surface area contributed by atoms with Gasteiger partial charge in [0.15, 0.2) is 0 Å². The van der Waals surface area contributed by atoms with Crippen LogP contribution >= 0.6 is 0 Å². The Kier molecular flexibility index (Phi) is 1.86. The topological polar surface area (TPSA) is 49.4 Å². The minimum atomic E-state index is -0.617. The summed E-state index contributed by atoms with van der Waals surface area (Å²) in [6.45, 7) is 2.74. The number of amides is 2. The molecule has 1 saturated carbocycles. The van der Waals surface area contributed by atoms with Gasteiger partial charge in [-0.2, -0.15) is 0 Å². The van der Waals surface area contributed by atoms with Gasteiger partial charge in [-0.15, -0.1) is 0 Å². The highest BCUT2D eigenvalue weighted by Crippen LogP contribution is 2.56. The van der Waals surface area contributed by atoms with Crippen LogP contribution in [-0.2, 0) is 9.59 Å². The van der Waals surface area contributed by atoms with E-state index in [1.54, 1.807) is 0 Å². The molecule has 0 radical (unpaired) electrons. The SMILES string of the molecule is C[C@]12NC(=O)[C@@]3(CCCN3C1=O)[C@H]1CCCC[C@H]12. The maximum Gasteiger partial charge on any atom is 0.249 e. The first-order chi connectivity index (χ1) is 8.60. The van der Waals surface area contributed by atoms with Crippen molar-refractivity contribution in [3.63, 3.8) is 0 Å². The molecule has 2 bridgehead atoms. The molecule has 0 aromatic carbocycles. The van der Waals surface area contributed by atoms with Gasteiger partial charge in [-0.3, -0.25) is 9.59 Å². The lowest BCUT2D eigenvalue weighted by Crippen LogP contribution is -2.84. The number of piperidine rings is 2. The number of carbonyl (C=O) groups excluding carboxylic acids is 2. The van der Waals surface area contributed by atoms with Crippen LogP contribution in [0, 0.1) is 11.8 Å².